The van der Waals surface area contributed by atoms with Crippen molar-refractivity contribution in [3.05, 3.63) is 0 Å². The first-order valence-corrected chi connectivity index (χ1v) is 6.13. The Morgan fingerprint density at radius 3 is 2.82 bits per heavy atom. The number of nitrogens with zero attached hydrogens (tertiary/aromatic N) is 1. The molecule has 1 heterocycles. The highest BCUT2D eigenvalue weighted by molar-refractivity contribution is 5.95. The quantitative estimate of drug-likeness (QED) is 0.622. The Balaban J connectivity index is 2.28. The summed E-state index contributed by atoms with van der Waals surface area (Å²) in [5.74, 6) is -0.243. The molecule has 0 radical (unpaired) electrons. The van der Waals surface area contributed by atoms with Crippen LogP contribution in [0.2, 0.25) is 0 Å². The van der Waals surface area contributed by atoms with Crippen molar-refractivity contribution in [3.63, 3.8) is 0 Å². The minimum absolute atomic E-state index is 0.243. The predicted octanol–water partition coefficient (Wildman–Crippen LogP) is -0.484. The number of rotatable bonds is 4. The molecule has 0 spiro atoms. The molecule has 1 saturated heterocycles. The number of hydrogen-bond donors (Lipinski definition) is 3. The SMILES string of the molecule is CCNC(=O)NC(=O)CN1CCCC(NC)C1. The van der Waals surface area contributed by atoms with Crippen molar-refractivity contribution in [2.45, 2.75) is 25.8 Å². The van der Waals surface area contributed by atoms with Gasteiger partial charge in [-0.2, -0.15) is 0 Å². The molecule has 0 aromatic carbocycles. The summed E-state index contributed by atoms with van der Waals surface area (Å²) >= 11 is 0. The number of amides is 3. The van der Waals surface area contributed by atoms with Gasteiger partial charge in [0, 0.05) is 19.1 Å². The number of piperidine rings is 1. The number of carbonyl (C=O) groups excluding carboxylic acids is 2. The van der Waals surface area contributed by atoms with E-state index in [1.54, 1.807) is 0 Å². The summed E-state index contributed by atoms with van der Waals surface area (Å²) in [5, 5.41) is 8.06. The largest absolute Gasteiger partial charge is 0.338 e. The van der Waals surface area contributed by atoms with Crippen molar-refractivity contribution >= 4 is 11.9 Å². The number of urea groups is 1. The lowest BCUT2D eigenvalue weighted by atomic mass is 10.1. The number of hydrogen-bond acceptors (Lipinski definition) is 4. The second kappa shape index (κ2) is 7.24. The zero-order valence-corrected chi connectivity index (χ0v) is 10.6. The van der Waals surface area contributed by atoms with Crippen LogP contribution in [0.15, 0.2) is 0 Å². The first kappa shape index (κ1) is 13.9. The average molecular weight is 242 g/mol. The van der Waals surface area contributed by atoms with Crippen LogP contribution in [0.5, 0.6) is 0 Å². The predicted molar refractivity (Wildman–Crippen MR) is 65.7 cm³/mol. The first-order chi connectivity index (χ1) is 8.15. The maximum Gasteiger partial charge on any atom is 0.321 e. The summed E-state index contributed by atoms with van der Waals surface area (Å²) in [6, 6.07) is 0.0284. The Hall–Kier alpha value is -1.14. The van der Waals surface area contributed by atoms with E-state index in [4.69, 9.17) is 0 Å². The minimum Gasteiger partial charge on any atom is -0.338 e. The van der Waals surface area contributed by atoms with E-state index in [1.165, 1.54) is 0 Å². The van der Waals surface area contributed by atoms with Crippen LogP contribution < -0.4 is 16.0 Å². The smallest absolute Gasteiger partial charge is 0.321 e. The Morgan fingerprint density at radius 1 is 1.41 bits per heavy atom. The fraction of sp³-hybridized carbons (Fsp3) is 0.818. The van der Waals surface area contributed by atoms with Gasteiger partial charge in [0.2, 0.25) is 5.91 Å². The highest BCUT2D eigenvalue weighted by atomic mass is 16.2. The molecule has 1 aliphatic heterocycles. The van der Waals surface area contributed by atoms with Crippen molar-refractivity contribution in [2.75, 3.05) is 33.2 Å². The van der Waals surface area contributed by atoms with Crippen LogP contribution in [0.4, 0.5) is 4.79 Å². The van der Waals surface area contributed by atoms with E-state index in [2.05, 4.69) is 20.9 Å². The molecule has 3 N–H and O–H groups in total. The van der Waals surface area contributed by atoms with Gasteiger partial charge in [0.25, 0.3) is 0 Å². The Kier molecular flexibility index (Phi) is 5.93. The molecule has 6 nitrogen and oxygen atoms in total. The summed E-state index contributed by atoms with van der Waals surface area (Å²) < 4.78 is 0. The summed E-state index contributed by atoms with van der Waals surface area (Å²) in [7, 11) is 1.93. The lowest BCUT2D eigenvalue weighted by Gasteiger charge is -2.31. The second-order valence-corrected chi connectivity index (χ2v) is 4.27. The van der Waals surface area contributed by atoms with Gasteiger partial charge in [-0.3, -0.25) is 15.0 Å². The summed E-state index contributed by atoms with van der Waals surface area (Å²) in [5.41, 5.74) is 0. The molecule has 98 valence electrons. The van der Waals surface area contributed by atoms with Crippen molar-refractivity contribution in [3.8, 4) is 0 Å². The lowest BCUT2D eigenvalue weighted by molar-refractivity contribution is -0.121. The molecule has 0 bridgehead atoms. The van der Waals surface area contributed by atoms with Gasteiger partial charge < -0.3 is 10.6 Å². The van der Waals surface area contributed by atoms with Crippen LogP contribution in [-0.2, 0) is 4.79 Å². The number of carbonyl (C=O) groups is 2. The third-order valence-corrected chi connectivity index (χ3v) is 2.87. The van der Waals surface area contributed by atoms with Crippen LogP contribution in [0.3, 0.4) is 0 Å². The molecule has 0 aliphatic carbocycles. The van der Waals surface area contributed by atoms with Gasteiger partial charge >= 0.3 is 6.03 Å². The van der Waals surface area contributed by atoms with E-state index in [1.807, 2.05) is 14.0 Å². The first-order valence-electron chi connectivity index (χ1n) is 6.13. The van der Waals surface area contributed by atoms with E-state index < -0.39 is 6.03 Å². The molecule has 17 heavy (non-hydrogen) atoms. The lowest BCUT2D eigenvalue weighted by Crippen LogP contribution is -2.49. The van der Waals surface area contributed by atoms with Gasteiger partial charge in [0.1, 0.15) is 0 Å². The van der Waals surface area contributed by atoms with Crippen molar-refractivity contribution in [2.24, 2.45) is 0 Å². The average Bonchev–Trinajstić information content (AvgIpc) is 2.29. The summed E-state index contributed by atoms with van der Waals surface area (Å²) in [6.45, 7) is 4.40. The molecule has 0 saturated carbocycles. The van der Waals surface area contributed by atoms with Crippen LogP contribution >= 0.6 is 0 Å². The number of likely N-dealkylation sites (tertiary alicyclic amines) is 1. The summed E-state index contributed by atoms with van der Waals surface area (Å²) in [4.78, 5) is 24.8. The molecular formula is C11H22N4O2. The third kappa shape index (κ3) is 5.14. The van der Waals surface area contributed by atoms with E-state index in [0.29, 0.717) is 12.6 Å². The fourth-order valence-electron chi connectivity index (χ4n) is 2.01. The molecule has 1 rings (SSSR count). The van der Waals surface area contributed by atoms with Gasteiger partial charge in [-0.1, -0.05) is 0 Å². The number of nitrogens with one attached hydrogen (secondary N) is 3. The highest BCUT2D eigenvalue weighted by Crippen LogP contribution is 2.08. The van der Waals surface area contributed by atoms with Gasteiger partial charge in [-0.15, -0.1) is 0 Å². The molecule has 0 aromatic heterocycles. The van der Waals surface area contributed by atoms with Crippen molar-refractivity contribution in [1.82, 2.24) is 20.9 Å². The van der Waals surface area contributed by atoms with E-state index in [-0.39, 0.29) is 12.5 Å². The van der Waals surface area contributed by atoms with Crippen molar-refractivity contribution in [1.29, 1.82) is 0 Å². The summed E-state index contributed by atoms with van der Waals surface area (Å²) in [6.07, 6.45) is 2.23. The Bertz CT molecular complexity index is 270. The molecule has 1 fully saturated rings. The third-order valence-electron chi connectivity index (χ3n) is 2.87. The zero-order valence-electron chi connectivity index (χ0n) is 10.6. The Morgan fingerprint density at radius 2 is 2.18 bits per heavy atom. The van der Waals surface area contributed by atoms with Gasteiger partial charge in [-0.25, -0.2) is 4.79 Å². The van der Waals surface area contributed by atoms with Gasteiger partial charge in [0.15, 0.2) is 0 Å². The Labute approximate surface area is 102 Å². The van der Waals surface area contributed by atoms with Gasteiger partial charge in [-0.05, 0) is 33.4 Å². The molecule has 1 aliphatic rings. The monoisotopic (exact) mass is 242 g/mol. The maximum absolute atomic E-state index is 11.6. The van der Waals surface area contributed by atoms with E-state index in [0.717, 1.165) is 25.9 Å². The maximum atomic E-state index is 11.6. The van der Waals surface area contributed by atoms with Crippen LogP contribution in [0.25, 0.3) is 0 Å². The number of likely N-dealkylation sites (N-methyl/N-ethyl adjacent to an activating group) is 1. The van der Waals surface area contributed by atoms with E-state index >= 15 is 0 Å². The van der Waals surface area contributed by atoms with Crippen LogP contribution in [0, 0.1) is 0 Å². The number of imide groups is 1. The molecule has 1 unspecified atom stereocenters. The topological polar surface area (TPSA) is 73.5 Å². The molecule has 3 amide bonds. The van der Waals surface area contributed by atoms with Crippen molar-refractivity contribution < 1.29 is 9.59 Å². The minimum atomic E-state index is -0.417. The highest BCUT2D eigenvalue weighted by Gasteiger charge is 2.20. The zero-order chi connectivity index (χ0) is 12.7. The van der Waals surface area contributed by atoms with Crippen LogP contribution in [0.1, 0.15) is 19.8 Å². The second-order valence-electron chi connectivity index (χ2n) is 4.27. The molecule has 0 aromatic rings. The molecule has 1 atom stereocenters. The molecule has 6 heteroatoms. The fourth-order valence-corrected chi connectivity index (χ4v) is 2.01. The van der Waals surface area contributed by atoms with E-state index in [9.17, 15) is 9.59 Å². The van der Waals surface area contributed by atoms with Crippen LogP contribution in [-0.4, -0.2) is 56.1 Å². The van der Waals surface area contributed by atoms with Gasteiger partial charge in [0.05, 0.1) is 6.54 Å². The standard InChI is InChI=1S/C11H22N4O2/c1-3-13-11(17)14-10(16)8-15-6-4-5-9(7-15)12-2/h9,12H,3-8H2,1-2H3,(H2,13,14,16,17). The molecular weight excluding hydrogens is 220 g/mol. The normalized spacial score (nSPS) is 20.9.